The molecule has 1 unspecified atom stereocenters. The van der Waals surface area contributed by atoms with Gasteiger partial charge in [0.2, 0.25) is 0 Å². The summed E-state index contributed by atoms with van der Waals surface area (Å²) in [6.07, 6.45) is 2.09. The zero-order chi connectivity index (χ0) is 12.8. The minimum absolute atomic E-state index is 0.143. The van der Waals surface area contributed by atoms with Gasteiger partial charge in [0, 0.05) is 17.7 Å². The normalized spacial score (nSPS) is 12.8. The molecule has 0 aliphatic rings. The molecule has 2 nitrogen and oxygen atoms in total. The quantitative estimate of drug-likeness (QED) is 0.769. The van der Waals surface area contributed by atoms with Crippen LogP contribution >= 0.6 is 0 Å². The van der Waals surface area contributed by atoms with Crippen molar-refractivity contribution in [1.82, 2.24) is 0 Å². The van der Waals surface area contributed by atoms with Crippen LogP contribution in [0.25, 0.3) is 0 Å². The van der Waals surface area contributed by atoms with Gasteiger partial charge in [0.15, 0.2) is 0 Å². The maximum absolute atomic E-state index is 13.1. The zero-order valence-electron chi connectivity index (χ0n) is 10.9. The van der Waals surface area contributed by atoms with E-state index in [1.165, 1.54) is 12.1 Å². The van der Waals surface area contributed by atoms with E-state index in [1.807, 2.05) is 6.92 Å². The van der Waals surface area contributed by atoms with Crippen molar-refractivity contribution in [2.45, 2.75) is 39.7 Å². The van der Waals surface area contributed by atoms with Gasteiger partial charge >= 0.3 is 0 Å². The predicted octanol–water partition coefficient (Wildman–Crippen LogP) is 3.66. The van der Waals surface area contributed by atoms with Crippen LogP contribution in [0.2, 0.25) is 0 Å². The molecule has 2 N–H and O–H groups in total. The smallest absolute Gasteiger partial charge is 0.126 e. The molecule has 0 aromatic heterocycles. The number of halogens is 1. The van der Waals surface area contributed by atoms with Gasteiger partial charge in [0.1, 0.15) is 11.6 Å². The lowest BCUT2D eigenvalue weighted by Crippen LogP contribution is -2.09. The zero-order valence-corrected chi connectivity index (χ0v) is 10.9. The largest absolute Gasteiger partial charge is 0.493 e. The van der Waals surface area contributed by atoms with Crippen molar-refractivity contribution >= 4 is 0 Å². The summed E-state index contributed by atoms with van der Waals surface area (Å²) in [6, 6.07) is 4.38. The molecule has 1 aromatic carbocycles. The van der Waals surface area contributed by atoms with Crippen LogP contribution < -0.4 is 10.5 Å². The maximum atomic E-state index is 13.1. The summed E-state index contributed by atoms with van der Waals surface area (Å²) >= 11 is 0. The molecule has 0 fully saturated rings. The van der Waals surface area contributed by atoms with Crippen molar-refractivity contribution in [1.29, 1.82) is 0 Å². The lowest BCUT2D eigenvalue weighted by Gasteiger charge is -2.14. The van der Waals surface area contributed by atoms with Crippen LogP contribution in [0, 0.1) is 11.7 Å². The second-order valence-corrected chi connectivity index (χ2v) is 4.86. The Balaban J connectivity index is 2.59. The molecule has 1 atom stereocenters. The standard InChI is InChI=1S/C14H22FNO/c1-10(2)5-4-8-17-14-9-12(15)6-7-13(14)11(3)16/h6-7,9-11H,4-5,8,16H2,1-3H3. The average Bonchev–Trinajstić information content (AvgIpc) is 2.23. The first-order chi connectivity index (χ1) is 8.00. The van der Waals surface area contributed by atoms with Crippen molar-refractivity contribution in [3.05, 3.63) is 29.6 Å². The Morgan fingerprint density at radius 2 is 2.00 bits per heavy atom. The molecule has 0 saturated heterocycles. The van der Waals surface area contributed by atoms with E-state index in [1.54, 1.807) is 6.07 Å². The van der Waals surface area contributed by atoms with Crippen LogP contribution in [-0.2, 0) is 0 Å². The number of benzene rings is 1. The van der Waals surface area contributed by atoms with Gasteiger partial charge in [-0.25, -0.2) is 4.39 Å². The Kier molecular flexibility index (Phi) is 5.42. The van der Waals surface area contributed by atoms with Crippen LogP contribution in [0.15, 0.2) is 18.2 Å². The highest BCUT2D eigenvalue weighted by atomic mass is 19.1. The lowest BCUT2D eigenvalue weighted by atomic mass is 10.1. The first kappa shape index (κ1) is 14.0. The van der Waals surface area contributed by atoms with Gasteiger partial charge < -0.3 is 10.5 Å². The van der Waals surface area contributed by atoms with Gasteiger partial charge in [-0.3, -0.25) is 0 Å². The van der Waals surface area contributed by atoms with Crippen LogP contribution in [0.5, 0.6) is 5.75 Å². The van der Waals surface area contributed by atoms with E-state index in [9.17, 15) is 4.39 Å². The van der Waals surface area contributed by atoms with Gasteiger partial charge in [-0.1, -0.05) is 19.9 Å². The van der Waals surface area contributed by atoms with Crippen LogP contribution in [0.3, 0.4) is 0 Å². The summed E-state index contributed by atoms with van der Waals surface area (Å²) in [5.41, 5.74) is 6.67. The van der Waals surface area contributed by atoms with Gasteiger partial charge in [-0.15, -0.1) is 0 Å². The maximum Gasteiger partial charge on any atom is 0.126 e. The van der Waals surface area contributed by atoms with Gasteiger partial charge in [-0.05, 0) is 31.7 Å². The van der Waals surface area contributed by atoms with E-state index >= 15 is 0 Å². The second kappa shape index (κ2) is 6.60. The van der Waals surface area contributed by atoms with Crippen LogP contribution in [-0.4, -0.2) is 6.61 Å². The first-order valence-electron chi connectivity index (χ1n) is 6.18. The minimum Gasteiger partial charge on any atom is -0.493 e. The number of hydrogen-bond donors (Lipinski definition) is 1. The van der Waals surface area contributed by atoms with E-state index in [0.717, 1.165) is 18.4 Å². The fourth-order valence-electron chi connectivity index (χ4n) is 1.68. The van der Waals surface area contributed by atoms with Crippen molar-refractivity contribution < 1.29 is 9.13 Å². The van der Waals surface area contributed by atoms with E-state index in [2.05, 4.69) is 13.8 Å². The van der Waals surface area contributed by atoms with Crippen molar-refractivity contribution in [3.63, 3.8) is 0 Å². The molecular formula is C14H22FNO. The third-order valence-corrected chi connectivity index (χ3v) is 2.65. The monoisotopic (exact) mass is 239 g/mol. The predicted molar refractivity (Wildman–Crippen MR) is 68.6 cm³/mol. The molecule has 1 aromatic rings. The number of nitrogens with two attached hydrogens (primary N) is 1. The average molecular weight is 239 g/mol. The number of ether oxygens (including phenoxy) is 1. The van der Waals surface area contributed by atoms with Crippen molar-refractivity contribution in [3.8, 4) is 5.75 Å². The Bertz CT molecular complexity index is 350. The van der Waals surface area contributed by atoms with Crippen molar-refractivity contribution in [2.75, 3.05) is 6.61 Å². The Morgan fingerprint density at radius 1 is 1.29 bits per heavy atom. The molecule has 0 saturated carbocycles. The molecule has 0 bridgehead atoms. The van der Waals surface area contributed by atoms with E-state index < -0.39 is 0 Å². The molecule has 17 heavy (non-hydrogen) atoms. The van der Waals surface area contributed by atoms with Crippen LogP contribution in [0.4, 0.5) is 4.39 Å². The van der Waals surface area contributed by atoms with Gasteiger partial charge in [0.25, 0.3) is 0 Å². The summed E-state index contributed by atoms with van der Waals surface area (Å²) in [4.78, 5) is 0. The first-order valence-corrected chi connectivity index (χ1v) is 6.18. The Morgan fingerprint density at radius 3 is 2.59 bits per heavy atom. The number of hydrogen-bond acceptors (Lipinski definition) is 2. The topological polar surface area (TPSA) is 35.2 Å². The third-order valence-electron chi connectivity index (χ3n) is 2.65. The molecule has 1 rings (SSSR count). The molecule has 0 amide bonds. The summed E-state index contributed by atoms with van der Waals surface area (Å²) in [7, 11) is 0. The highest BCUT2D eigenvalue weighted by molar-refractivity contribution is 5.36. The second-order valence-electron chi connectivity index (χ2n) is 4.86. The van der Waals surface area contributed by atoms with E-state index in [4.69, 9.17) is 10.5 Å². The highest BCUT2D eigenvalue weighted by Gasteiger charge is 2.09. The lowest BCUT2D eigenvalue weighted by molar-refractivity contribution is 0.292. The Labute approximate surface area is 103 Å². The van der Waals surface area contributed by atoms with Crippen LogP contribution in [0.1, 0.15) is 45.2 Å². The molecule has 0 heterocycles. The molecule has 3 heteroatoms. The molecular weight excluding hydrogens is 217 g/mol. The van der Waals surface area contributed by atoms with Gasteiger partial charge in [0.05, 0.1) is 6.61 Å². The Hall–Kier alpha value is -1.09. The fourth-order valence-corrected chi connectivity index (χ4v) is 1.68. The SMILES string of the molecule is CC(C)CCCOc1cc(F)ccc1C(C)N. The van der Waals surface area contributed by atoms with E-state index in [0.29, 0.717) is 18.3 Å². The third kappa shape index (κ3) is 4.73. The molecule has 0 radical (unpaired) electrons. The van der Waals surface area contributed by atoms with Crippen molar-refractivity contribution in [2.24, 2.45) is 11.7 Å². The molecule has 0 aliphatic heterocycles. The summed E-state index contributed by atoms with van der Waals surface area (Å²) in [5, 5.41) is 0. The number of rotatable bonds is 6. The molecule has 96 valence electrons. The molecule has 0 spiro atoms. The minimum atomic E-state index is -0.284. The fraction of sp³-hybridized carbons (Fsp3) is 0.571. The summed E-state index contributed by atoms with van der Waals surface area (Å²) < 4.78 is 18.7. The summed E-state index contributed by atoms with van der Waals surface area (Å²) in [5.74, 6) is 0.955. The summed E-state index contributed by atoms with van der Waals surface area (Å²) in [6.45, 7) is 6.83. The van der Waals surface area contributed by atoms with Gasteiger partial charge in [-0.2, -0.15) is 0 Å². The molecule has 0 aliphatic carbocycles. The van der Waals surface area contributed by atoms with E-state index in [-0.39, 0.29) is 11.9 Å². The highest BCUT2D eigenvalue weighted by Crippen LogP contribution is 2.25.